The van der Waals surface area contributed by atoms with Crippen molar-refractivity contribution in [2.45, 2.75) is 128 Å². The lowest BCUT2D eigenvalue weighted by Gasteiger charge is -2.39. The number of hydrazine groups is 1. The number of likely N-dealkylation sites (tertiary alicyclic amines) is 1. The van der Waals surface area contributed by atoms with Crippen molar-refractivity contribution in [2.24, 2.45) is 11.8 Å². The van der Waals surface area contributed by atoms with Crippen LogP contribution in [0.15, 0.2) is 46.9 Å². The Morgan fingerprint density at radius 3 is 2.53 bits per heavy atom. The third kappa shape index (κ3) is 18.3. The maximum absolute atomic E-state index is 14.6. The fraction of sp³-hybridized carbons (Fsp3) is 0.574. The van der Waals surface area contributed by atoms with Gasteiger partial charge in [-0.2, -0.15) is 0 Å². The summed E-state index contributed by atoms with van der Waals surface area (Å²) in [6, 6.07) is 6.06. The van der Waals surface area contributed by atoms with E-state index in [0.29, 0.717) is 54.8 Å². The largest absolute Gasteiger partial charge is 0.508 e. The minimum absolute atomic E-state index is 0.00285. The van der Waals surface area contributed by atoms with Gasteiger partial charge in [0.25, 0.3) is 5.91 Å². The Labute approximate surface area is 421 Å². The van der Waals surface area contributed by atoms with Gasteiger partial charge in [0.2, 0.25) is 17.7 Å². The highest BCUT2D eigenvalue weighted by molar-refractivity contribution is 8.76. The number of ether oxygens (including phenoxy) is 2. The number of phenols is 1. The summed E-state index contributed by atoms with van der Waals surface area (Å²) in [7, 11) is 4.22. The number of rotatable bonds is 27. The zero-order chi connectivity index (χ0) is 51.2. The van der Waals surface area contributed by atoms with Crippen LogP contribution < -0.4 is 21.5 Å². The number of carbonyl (C=O) groups is 6. The Morgan fingerprint density at radius 1 is 1.03 bits per heavy atom. The standard InChI is InChI=1S/C47H67N9O11S3/c1-7-12-41(59)67-29-55(46(62)42(31(5)8-2)51-44(61)37-13-9-10-24-54(37)6)36(30(3)4)18-20-40-50-35(28-68-40)43(60)48-23-21-32-15-17-34(57)27-33(32)16-19-39(58)52-53-47(63)66-25-26-69-70-45-38(56(64)65)14-11-22-49-45/h11,14-15,17,22,27-28,30-31,36-37,42,57H,7-10,12-13,16,18-21,23-26,29H2,1-6H3,(H,48,60)(H,51,61)(H,52,58)(H,53,63)/t31?,36?,37-,42+/m1/s1. The Balaban J connectivity index is 1.28. The lowest BCUT2D eigenvalue weighted by molar-refractivity contribution is -0.388. The van der Waals surface area contributed by atoms with Crippen LogP contribution in [0.3, 0.4) is 0 Å². The first kappa shape index (κ1) is 57.1. The summed E-state index contributed by atoms with van der Waals surface area (Å²) in [4.78, 5) is 102. The average Bonchev–Trinajstić information content (AvgIpc) is 3.82. The summed E-state index contributed by atoms with van der Waals surface area (Å²) < 4.78 is 10.7. The summed E-state index contributed by atoms with van der Waals surface area (Å²) >= 11 is 1.33. The maximum Gasteiger partial charge on any atom is 0.426 e. The molecule has 4 atom stereocenters. The molecule has 384 valence electrons. The molecular formula is C47H67N9O11S3. The van der Waals surface area contributed by atoms with Gasteiger partial charge in [-0.3, -0.25) is 44.4 Å². The number of esters is 1. The number of pyridine rings is 1. The van der Waals surface area contributed by atoms with E-state index >= 15 is 0 Å². The third-order valence-electron chi connectivity index (χ3n) is 11.8. The fourth-order valence-corrected chi connectivity index (χ4v) is 10.4. The first-order valence-corrected chi connectivity index (χ1v) is 26.8. The number of carbonyl (C=O) groups excluding carboxylic acids is 6. The number of amides is 5. The van der Waals surface area contributed by atoms with Crippen molar-refractivity contribution < 1.29 is 48.3 Å². The van der Waals surface area contributed by atoms with Gasteiger partial charge in [-0.1, -0.05) is 64.3 Å². The molecule has 0 radical (unpaired) electrons. The number of aromatic nitrogens is 2. The topological polar surface area (TPSA) is 265 Å². The zero-order valence-electron chi connectivity index (χ0n) is 40.7. The molecule has 2 unspecified atom stereocenters. The molecule has 1 fully saturated rings. The van der Waals surface area contributed by atoms with Crippen molar-refractivity contribution in [3.63, 3.8) is 0 Å². The summed E-state index contributed by atoms with van der Waals surface area (Å²) in [5.74, 6) is -1.74. The molecule has 0 spiro atoms. The van der Waals surface area contributed by atoms with E-state index in [4.69, 9.17) is 9.47 Å². The van der Waals surface area contributed by atoms with E-state index in [1.807, 2.05) is 46.6 Å². The van der Waals surface area contributed by atoms with Crippen LogP contribution in [0.5, 0.6) is 5.75 Å². The lowest BCUT2D eigenvalue weighted by atomic mass is 9.93. The summed E-state index contributed by atoms with van der Waals surface area (Å²) in [5, 5.41) is 29.9. The van der Waals surface area contributed by atoms with Crippen molar-refractivity contribution in [3.05, 3.63) is 73.9 Å². The van der Waals surface area contributed by atoms with Crippen LogP contribution in [0.1, 0.15) is 113 Å². The van der Waals surface area contributed by atoms with Crippen molar-refractivity contribution >= 4 is 74.3 Å². The molecule has 70 heavy (non-hydrogen) atoms. The predicted molar refractivity (Wildman–Crippen MR) is 268 cm³/mol. The number of likely N-dealkylation sites (N-methyl/N-ethyl adjacent to an activating group) is 1. The van der Waals surface area contributed by atoms with E-state index in [1.165, 1.54) is 46.5 Å². The van der Waals surface area contributed by atoms with E-state index in [-0.39, 0.29) is 103 Å². The molecule has 2 aromatic heterocycles. The monoisotopic (exact) mass is 1030 g/mol. The number of phenolic OH excluding ortho intramolecular Hbond substituents is 1. The number of nitrogens with one attached hydrogen (secondary N) is 4. The van der Waals surface area contributed by atoms with Crippen LogP contribution in [0.25, 0.3) is 0 Å². The number of hydrogen-bond donors (Lipinski definition) is 5. The molecule has 1 aromatic carbocycles. The second-order valence-corrected chi connectivity index (χ2v) is 20.6. The number of aryl methyl sites for hydroxylation is 2. The molecule has 5 amide bonds. The summed E-state index contributed by atoms with van der Waals surface area (Å²) in [6.45, 7) is 10.5. The number of thiazole rings is 1. The summed E-state index contributed by atoms with van der Waals surface area (Å²) in [5.41, 5.74) is 6.04. The second kappa shape index (κ2) is 29.6. The molecule has 0 saturated carbocycles. The van der Waals surface area contributed by atoms with Gasteiger partial charge in [0.05, 0.1) is 16.0 Å². The molecule has 0 bridgehead atoms. The molecule has 0 aliphatic carbocycles. The molecule has 4 rings (SSSR count). The van der Waals surface area contributed by atoms with E-state index in [0.717, 1.165) is 35.7 Å². The number of nitro groups is 1. The number of aromatic hydroxyl groups is 1. The minimum atomic E-state index is -0.889. The smallest absolute Gasteiger partial charge is 0.426 e. The fourth-order valence-electron chi connectivity index (χ4n) is 7.72. The first-order valence-electron chi connectivity index (χ1n) is 23.6. The van der Waals surface area contributed by atoms with Gasteiger partial charge in [-0.05, 0) is 104 Å². The quantitative estimate of drug-likeness (QED) is 0.0139. The highest BCUT2D eigenvalue weighted by Gasteiger charge is 2.37. The van der Waals surface area contributed by atoms with E-state index in [1.54, 1.807) is 22.4 Å². The molecule has 3 heterocycles. The Morgan fingerprint density at radius 2 is 1.81 bits per heavy atom. The molecular weight excluding hydrogens is 963 g/mol. The van der Waals surface area contributed by atoms with Gasteiger partial charge in [0.1, 0.15) is 24.1 Å². The van der Waals surface area contributed by atoms with Crippen LogP contribution >= 0.6 is 32.9 Å². The van der Waals surface area contributed by atoms with Crippen molar-refractivity contribution in [2.75, 3.05) is 39.2 Å². The van der Waals surface area contributed by atoms with Crippen LogP contribution in [0.4, 0.5) is 10.5 Å². The SMILES string of the molecule is CCCC(=O)OCN(C(=O)[C@@H](NC(=O)[C@H]1CCCCN1C)C(C)CC)C(CCc1nc(C(=O)NCCc2ccc(O)cc2CCC(=O)NNC(=O)OCCSSc2ncccc2[N+](=O)[O-])cs1)C(C)C. The van der Waals surface area contributed by atoms with Gasteiger partial charge in [-0.15, -0.1) is 11.3 Å². The number of piperidine rings is 1. The van der Waals surface area contributed by atoms with Crippen molar-refractivity contribution in [3.8, 4) is 5.75 Å². The van der Waals surface area contributed by atoms with Gasteiger partial charge < -0.3 is 30.1 Å². The Hall–Kier alpha value is -5.52. The Bertz CT molecular complexity index is 2230. The molecule has 23 heteroatoms. The van der Waals surface area contributed by atoms with Crippen LogP contribution in [0, 0.1) is 22.0 Å². The molecule has 5 N–H and O–H groups in total. The number of nitrogens with zero attached hydrogens (tertiary/aromatic N) is 5. The molecule has 1 aliphatic rings. The molecule has 20 nitrogen and oxygen atoms in total. The van der Waals surface area contributed by atoms with Crippen molar-refractivity contribution in [1.29, 1.82) is 0 Å². The minimum Gasteiger partial charge on any atom is -0.508 e. The number of hydrogen-bond acceptors (Lipinski definition) is 17. The molecule has 1 saturated heterocycles. The van der Waals surface area contributed by atoms with Crippen LogP contribution in [0.2, 0.25) is 0 Å². The van der Waals surface area contributed by atoms with Gasteiger partial charge in [0, 0.05) is 55.2 Å². The van der Waals surface area contributed by atoms with Crippen LogP contribution in [-0.2, 0) is 47.9 Å². The molecule has 1 aliphatic heterocycles. The van der Waals surface area contributed by atoms with Crippen LogP contribution in [-0.4, -0.2) is 123 Å². The molecule has 3 aromatic rings. The average molecular weight is 1030 g/mol. The van der Waals surface area contributed by atoms with E-state index in [9.17, 15) is 44.0 Å². The lowest BCUT2D eigenvalue weighted by Crippen LogP contribution is -2.59. The number of benzene rings is 1. The highest BCUT2D eigenvalue weighted by Crippen LogP contribution is 2.35. The third-order valence-corrected chi connectivity index (χ3v) is 15.0. The predicted octanol–water partition coefficient (Wildman–Crippen LogP) is 6.36. The second-order valence-electron chi connectivity index (χ2n) is 17.3. The first-order chi connectivity index (χ1) is 33.5. The van der Waals surface area contributed by atoms with Gasteiger partial charge in [0.15, 0.2) is 11.8 Å². The highest BCUT2D eigenvalue weighted by atomic mass is 33.1. The van der Waals surface area contributed by atoms with E-state index in [2.05, 4.69) is 31.5 Å². The maximum atomic E-state index is 14.6. The Kier molecular flexibility index (Phi) is 24.1. The van der Waals surface area contributed by atoms with Gasteiger partial charge in [-0.25, -0.2) is 20.2 Å². The van der Waals surface area contributed by atoms with Gasteiger partial charge >= 0.3 is 17.7 Å². The van der Waals surface area contributed by atoms with E-state index < -0.39 is 28.9 Å². The van der Waals surface area contributed by atoms with Crippen molar-refractivity contribution in [1.82, 2.24) is 41.3 Å². The normalized spacial score (nSPS) is 15.0. The summed E-state index contributed by atoms with van der Waals surface area (Å²) in [6.07, 6.45) is 6.12. The zero-order valence-corrected chi connectivity index (χ0v) is 43.2.